The van der Waals surface area contributed by atoms with Gasteiger partial charge in [0, 0.05) is 31.2 Å². The van der Waals surface area contributed by atoms with Crippen molar-refractivity contribution >= 4 is 17.5 Å². The highest BCUT2D eigenvalue weighted by molar-refractivity contribution is 5.79. The Bertz CT molecular complexity index is 1160. The molecule has 4 rings (SSSR count). The molecule has 0 radical (unpaired) electrons. The average molecular weight is 559 g/mol. The molecule has 1 atom stereocenters. The number of amides is 1. The van der Waals surface area contributed by atoms with Gasteiger partial charge in [0.2, 0.25) is 0 Å². The number of carbonyl (C=O) groups excluding carboxylic acids is 1. The summed E-state index contributed by atoms with van der Waals surface area (Å²) in [5.74, 6) is 1.87. The molecular weight excluding hydrogens is 514 g/mol. The topological polar surface area (TPSA) is 67.8 Å². The van der Waals surface area contributed by atoms with Crippen LogP contribution in [0, 0.1) is 12.8 Å². The van der Waals surface area contributed by atoms with Crippen molar-refractivity contribution in [2.75, 3.05) is 24.5 Å². The summed E-state index contributed by atoms with van der Waals surface area (Å²) < 4.78 is 33.4. The first-order valence-electron chi connectivity index (χ1n) is 14.2. The molecule has 0 N–H and O–H groups in total. The van der Waals surface area contributed by atoms with Gasteiger partial charge in [0.1, 0.15) is 23.5 Å². The molecule has 0 bridgehead atoms. The number of rotatable bonds is 7. The summed E-state index contributed by atoms with van der Waals surface area (Å²) in [7, 11) is 0. The van der Waals surface area contributed by atoms with Crippen LogP contribution in [0.5, 0.6) is 5.75 Å². The summed E-state index contributed by atoms with van der Waals surface area (Å²) in [5, 5.41) is 0. The SMILES string of the molecule is C/C=C(\c1c(C)ncnc1N1CCN(C(=O)OC(C)(C)C)CC1C)C1CC1.CCCc1cccc(OC(F)F)c1. The Balaban J connectivity index is 0.000000285. The predicted octanol–water partition coefficient (Wildman–Crippen LogP) is 7.28. The fraction of sp³-hybridized carbons (Fsp3) is 0.581. The highest BCUT2D eigenvalue weighted by Crippen LogP contribution is 2.45. The van der Waals surface area contributed by atoms with Gasteiger partial charge in [0.25, 0.3) is 0 Å². The highest BCUT2D eigenvalue weighted by atomic mass is 19.3. The van der Waals surface area contributed by atoms with E-state index in [4.69, 9.17) is 4.74 Å². The van der Waals surface area contributed by atoms with Crippen LogP contribution in [-0.2, 0) is 11.2 Å². The largest absolute Gasteiger partial charge is 0.444 e. The predicted molar refractivity (Wildman–Crippen MR) is 155 cm³/mol. The van der Waals surface area contributed by atoms with Crippen LogP contribution in [0.1, 0.15) is 77.6 Å². The van der Waals surface area contributed by atoms with Crippen LogP contribution in [0.2, 0.25) is 0 Å². The van der Waals surface area contributed by atoms with Crippen molar-refractivity contribution in [3.63, 3.8) is 0 Å². The molecular formula is C31H44F2N4O3. The Labute approximate surface area is 237 Å². The van der Waals surface area contributed by atoms with Gasteiger partial charge in [-0.3, -0.25) is 0 Å². The molecule has 1 aromatic heterocycles. The number of hydrogen-bond donors (Lipinski definition) is 0. The highest BCUT2D eigenvalue weighted by Gasteiger charge is 2.34. The zero-order chi connectivity index (χ0) is 29.4. The number of aryl methyl sites for hydroxylation is 2. The van der Waals surface area contributed by atoms with E-state index in [1.165, 1.54) is 30.0 Å². The average Bonchev–Trinajstić information content (AvgIpc) is 3.70. The summed E-state index contributed by atoms with van der Waals surface area (Å²) in [6.07, 6.45) is 8.01. The van der Waals surface area contributed by atoms with Crippen molar-refractivity contribution in [3.05, 3.63) is 53.5 Å². The summed E-state index contributed by atoms with van der Waals surface area (Å²) >= 11 is 0. The Hall–Kier alpha value is -3.23. The second-order valence-electron chi connectivity index (χ2n) is 11.4. The lowest BCUT2D eigenvalue weighted by molar-refractivity contribution is -0.0498. The molecule has 0 spiro atoms. The van der Waals surface area contributed by atoms with E-state index in [2.05, 4.69) is 46.5 Å². The van der Waals surface area contributed by atoms with E-state index in [0.29, 0.717) is 19.0 Å². The van der Waals surface area contributed by atoms with Gasteiger partial charge in [-0.1, -0.05) is 31.6 Å². The first-order valence-corrected chi connectivity index (χ1v) is 14.2. The number of piperazine rings is 1. The zero-order valence-corrected chi connectivity index (χ0v) is 24.9. The standard InChI is InChI=1S/C21H32N4O2.C10H12F2O/c1-7-17(16-8-9-16)18-15(3)22-13-23-19(18)25-11-10-24(12-14(25)2)20(26)27-21(4,5)6;1-2-4-8-5-3-6-9(7-8)13-10(11)12/h7,13-14,16H,8-12H2,1-6H3;3,5-7,10H,2,4H2,1H3/b17-7-;. The quantitative estimate of drug-likeness (QED) is 0.356. The van der Waals surface area contributed by atoms with Crippen molar-refractivity contribution < 1.29 is 23.0 Å². The summed E-state index contributed by atoms with van der Waals surface area (Å²) in [6.45, 7) is 13.3. The molecule has 1 amide bonds. The molecule has 2 aliphatic rings. The molecule has 1 unspecified atom stereocenters. The lowest BCUT2D eigenvalue weighted by Gasteiger charge is -2.41. The van der Waals surface area contributed by atoms with Crippen LogP contribution in [0.15, 0.2) is 36.7 Å². The van der Waals surface area contributed by atoms with Gasteiger partial charge in [-0.15, -0.1) is 0 Å². The molecule has 9 heteroatoms. The summed E-state index contributed by atoms with van der Waals surface area (Å²) in [6, 6.07) is 6.97. The van der Waals surface area contributed by atoms with E-state index in [0.717, 1.165) is 36.5 Å². The molecule has 220 valence electrons. The van der Waals surface area contributed by atoms with E-state index < -0.39 is 12.2 Å². The zero-order valence-electron chi connectivity index (χ0n) is 24.9. The maximum atomic E-state index is 12.4. The van der Waals surface area contributed by atoms with Crippen molar-refractivity contribution in [2.24, 2.45) is 5.92 Å². The molecule has 2 heterocycles. The van der Waals surface area contributed by atoms with Gasteiger partial charge in [0.05, 0.1) is 5.69 Å². The molecule has 1 saturated carbocycles. The van der Waals surface area contributed by atoms with Crippen LogP contribution >= 0.6 is 0 Å². The number of aromatic nitrogens is 2. The molecule has 2 fully saturated rings. The number of ether oxygens (including phenoxy) is 2. The van der Waals surface area contributed by atoms with E-state index >= 15 is 0 Å². The number of benzene rings is 1. The van der Waals surface area contributed by atoms with Gasteiger partial charge in [-0.05, 0) is 90.0 Å². The first-order chi connectivity index (χ1) is 18.9. The van der Waals surface area contributed by atoms with Crippen molar-refractivity contribution in [1.29, 1.82) is 0 Å². The number of alkyl halides is 2. The first kappa shape index (κ1) is 31.3. The van der Waals surface area contributed by atoms with E-state index in [1.54, 1.807) is 23.4 Å². The Morgan fingerprint density at radius 1 is 1.20 bits per heavy atom. The van der Waals surface area contributed by atoms with E-state index in [9.17, 15) is 13.6 Å². The normalized spacial score (nSPS) is 17.9. The van der Waals surface area contributed by atoms with Crippen LogP contribution < -0.4 is 9.64 Å². The second-order valence-corrected chi connectivity index (χ2v) is 11.4. The molecule has 2 aromatic rings. The smallest absolute Gasteiger partial charge is 0.410 e. The third kappa shape index (κ3) is 8.89. The van der Waals surface area contributed by atoms with Crippen molar-refractivity contribution in [2.45, 2.75) is 92.4 Å². The van der Waals surface area contributed by atoms with Gasteiger partial charge in [-0.25, -0.2) is 14.8 Å². The number of carbonyl (C=O) groups is 1. The van der Waals surface area contributed by atoms with Crippen LogP contribution in [0.25, 0.3) is 5.57 Å². The molecule has 7 nitrogen and oxygen atoms in total. The summed E-state index contributed by atoms with van der Waals surface area (Å²) in [4.78, 5) is 25.7. The lowest BCUT2D eigenvalue weighted by Crippen LogP contribution is -2.55. The molecule has 1 aliphatic carbocycles. The fourth-order valence-electron chi connectivity index (χ4n) is 4.93. The number of nitrogens with zero attached hydrogens (tertiary/aromatic N) is 4. The Morgan fingerprint density at radius 3 is 2.50 bits per heavy atom. The minimum absolute atomic E-state index is 0.164. The van der Waals surface area contributed by atoms with E-state index in [-0.39, 0.29) is 17.9 Å². The molecule has 1 aliphatic heterocycles. The Kier molecular flexibility index (Phi) is 10.9. The maximum absolute atomic E-state index is 12.4. The summed E-state index contributed by atoms with van der Waals surface area (Å²) in [5.41, 5.74) is 4.13. The number of hydrogen-bond acceptors (Lipinski definition) is 6. The number of anilines is 1. The third-order valence-electron chi connectivity index (χ3n) is 6.85. The third-order valence-corrected chi connectivity index (χ3v) is 6.85. The van der Waals surface area contributed by atoms with Crippen molar-refractivity contribution in [1.82, 2.24) is 14.9 Å². The second kappa shape index (κ2) is 13.9. The minimum Gasteiger partial charge on any atom is -0.444 e. The van der Waals surface area contributed by atoms with Crippen molar-refractivity contribution in [3.8, 4) is 5.75 Å². The Morgan fingerprint density at radius 2 is 1.93 bits per heavy atom. The fourth-order valence-corrected chi connectivity index (χ4v) is 4.93. The lowest BCUT2D eigenvalue weighted by atomic mass is 9.99. The minimum atomic E-state index is -2.74. The van der Waals surface area contributed by atoms with Crippen LogP contribution in [0.4, 0.5) is 19.4 Å². The molecule has 1 aromatic carbocycles. The van der Waals surface area contributed by atoms with Gasteiger partial charge >= 0.3 is 12.7 Å². The van der Waals surface area contributed by atoms with Gasteiger partial charge in [-0.2, -0.15) is 8.78 Å². The maximum Gasteiger partial charge on any atom is 0.410 e. The van der Waals surface area contributed by atoms with Gasteiger partial charge < -0.3 is 19.3 Å². The van der Waals surface area contributed by atoms with Crippen LogP contribution in [-0.4, -0.2) is 58.8 Å². The van der Waals surface area contributed by atoms with Crippen LogP contribution in [0.3, 0.4) is 0 Å². The number of allylic oxidation sites excluding steroid dienone is 2. The molecule has 40 heavy (non-hydrogen) atoms. The molecule has 1 saturated heterocycles. The number of halogens is 2. The monoisotopic (exact) mass is 558 g/mol. The van der Waals surface area contributed by atoms with E-state index in [1.807, 2.05) is 33.8 Å². The van der Waals surface area contributed by atoms with Gasteiger partial charge in [0.15, 0.2) is 0 Å².